The average molecular weight is 318 g/mol. The Kier molecular flexibility index (Phi) is 5.78. The maximum Gasteiger partial charge on any atom is 0.191 e. The molecule has 0 fully saturated rings. The Morgan fingerprint density at radius 1 is 1.35 bits per heavy atom. The molecule has 0 aliphatic heterocycles. The summed E-state index contributed by atoms with van der Waals surface area (Å²) in [6.45, 7) is 11.5. The zero-order valence-corrected chi connectivity index (χ0v) is 14.7. The minimum atomic E-state index is -1.77. The molecule has 114 valence electrons. The number of hydrogen-bond acceptors (Lipinski definition) is 2. The first-order valence-electron chi connectivity index (χ1n) is 6.90. The lowest BCUT2D eigenvalue weighted by Crippen LogP contribution is -2.41. The Labute approximate surface area is 127 Å². The van der Waals surface area contributed by atoms with Gasteiger partial charge in [-0.25, -0.2) is 4.39 Å². The molecule has 0 spiro atoms. The van der Waals surface area contributed by atoms with Gasteiger partial charge in [0.2, 0.25) is 0 Å². The predicted molar refractivity (Wildman–Crippen MR) is 86.1 cm³/mol. The van der Waals surface area contributed by atoms with Crippen LogP contribution in [0.25, 0.3) is 0 Å². The average Bonchev–Trinajstić information content (AvgIpc) is 2.30. The highest BCUT2D eigenvalue weighted by Crippen LogP contribution is 2.36. The van der Waals surface area contributed by atoms with Crippen molar-refractivity contribution in [2.75, 3.05) is 6.61 Å². The summed E-state index contributed by atoms with van der Waals surface area (Å²) >= 11 is 5.77. The predicted octanol–water partition coefficient (Wildman–Crippen LogP) is 4.89. The number of benzene rings is 1. The van der Waals surface area contributed by atoms with E-state index in [1.807, 2.05) is 0 Å². The van der Waals surface area contributed by atoms with Crippen LogP contribution in [0.4, 0.5) is 4.39 Å². The Hall–Kier alpha value is -0.423. The van der Waals surface area contributed by atoms with Crippen LogP contribution in [-0.4, -0.2) is 14.9 Å². The smallest absolute Gasteiger partial charge is 0.191 e. The Morgan fingerprint density at radius 3 is 2.50 bits per heavy atom. The Balaban J connectivity index is 2.61. The molecule has 0 saturated carbocycles. The van der Waals surface area contributed by atoms with Gasteiger partial charge in [-0.2, -0.15) is 0 Å². The quantitative estimate of drug-likeness (QED) is 0.785. The van der Waals surface area contributed by atoms with Gasteiger partial charge >= 0.3 is 0 Å². The molecule has 0 heterocycles. The summed E-state index contributed by atoms with van der Waals surface area (Å²) in [6, 6.07) is 4.53. The molecule has 0 amide bonds. The summed E-state index contributed by atoms with van der Waals surface area (Å²) in [6.07, 6.45) is 0.587. The fourth-order valence-electron chi connectivity index (χ4n) is 1.62. The van der Waals surface area contributed by atoms with Crippen LogP contribution in [0.2, 0.25) is 23.2 Å². The molecule has 0 aliphatic rings. The van der Waals surface area contributed by atoms with Gasteiger partial charge in [-0.1, -0.05) is 44.5 Å². The maximum atomic E-state index is 13.9. The second kappa shape index (κ2) is 6.56. The van der Waals surface area contributed by atoms with E-state index in [0.717, 1.165) is 0 Å². The summed E-state index contributed by atoms with van der Waals surface area (Å²) in [5.74, 6) is -0.422. The first-order chi connectivity index (χ1) is 9.06. The lowest BCUT2D eigenvalue weighted by molar-refractivity contribution is 0.271. The number of halogens is 2. The van der Waals surface area contributed by atoms with E-state index in [0.29, 0.717) is 18.6 Å². The van der Waals surface area contributed by atoms with Gasteiger partial charge in [-0.15, -0.1) is 0 Å². The van der Waals surface area contributed by atoms with Gasteiger partial charge in [0, 0.05) is 18.2 Å². The molecular weight excluding hydrogens is 293 g/mol. The zero-order chi connectivity index (χ0) is 15.6. The van der Waals surface area contributed by atoms with E-state index in [4.69, 9.17) is 21.8 Å². The van der Waals surface area contributed by atoms with Crippen molar-refractivity contribution in [1.82, 2.24) is 0 Å². The van der Waals surface area contributed by atoms with Gasteiger partial charge in [-0.05, 0) is 30.6 Å². The lowest BCUT2D eigenvalue weighted by atomic mass is 10.0. The minimum absolute atomic E-state index is 0.114. The lowest BCUT2D eigenvalue weighted by Gasteiger charge is -2.36. The summed E-state index contributed by atoms with van der Waals surface area (Å²) in [5, 5.41) is 0.279. The third-order valence-electron chi connectivity index (χ3n) is 4.08. The minimum Gasteiger partial charge on any atom is -0.417 e. The number of rotatable bonds is 5. The van der Waals surface area contributed by atoms with Gasteiger partial charge in [-0.3, -0.25) is 0 Å². The highest BCUT2D eigenvalue weighted by Gasteiger charge is 2.37. The van der Waals surface area contributed by atoms with Crippen LogP contribution in [0.15, 0.2) is 18.2 Å². The van der Waals surface area contributed by atoms with E-state index in [1.165, 1.54) is 6.07 Å². The second-order valence-corrected chi connectivity index (χ2v) is 11.9. The Morgan fingerprint density at radius 2 is 1.95 bits per heavy atom. The molecule has 5 heteroatoms. The van der Waals surface area contributed by atoms with E-state index in [-0.39, 0.29) is 10.1 Å². The fourth-order valence-corrected chi connectivity index (χ4v) is 2.86. The van der Waals surface area contributed by atoms with Gasteiger partial charge in [0.1, 0.15) is 5.82 Å². The molecule has 2 N–H and O–H groups in total. The molecule has 20 heavy (non-hydrogen) atoms. The van der Waals surface area contributed by atoms with Crippen molar-refractivity contribution < 1.29 is 8.82 Å². The molecule has 1 unspecified atom stereocenters. The SMILES string of the molecule is CC(C)(C)[Si](C)(C)OCCC(N)c1cccc(Cl)c1F. The number of nitrogens with two attached hydrogens (primary N) is 1. The third kappa shape index (κ3) is 4.28. The van der Waals surface area contributed by atoms with Gasteiger partial charge in [0.05, 0.1) is 5.02 Å². The van der Waals surface area contributed by atoms with Crippen molar-refractivity contribution in [2.24, 2.45) is 5.73 Å². The summed E-state index contributed by atoms with van der Waals surface area (Å²) in [4.78, 5) is 0. The monoisotopic (exact) mass is 317 g/mol. The molecule has 0 saturated heterocycles. The van der Waals surface area contributed by atoms with Crippen molar-refractivity contribution in [3.8, 4) is 0 Å². The molecule has 1 aromatic carbocycles. The van der Waals surface area contributed by atoms with Crippen molar-refractivity contribution in [2.45, 2.75) is 51.4 Å². The molecule has 0 bridgehead atoms. The van der Waals surface area contributed by atoms with Crippen molar-refractivity contribution in [3.05, 3.63) is 34.6 Å². The molecule has 1 rings (SSSR count). The molecule has 1 aromatic rings. The summed E-state index contributed by atoms with van der Waals surface area (Å²) in [5.41, 5.74) is 6.49. The topological polar surface area (TPSA) is 35.2 Å². The van der Waals surface area contributed by atoms with Crippen LogP contribution in [0.5, 0.6) is 0 Å². The Bertz CT molecular complexity index is 460. The summed E-state index contributed by atoms with van der Waals surface area (Å²) < 4.78 is 19.9. The first kappa shape index (κ1) is 17.6. The molecule has 1 atom stereocenters. The van der Waals surface area contributed by atoms with Crippen LogP contribution >= 0.6 is 11.6 Å². The normalized spacial score (nSPS) is 14.4. The largest absolute Gasteiger partial charge is 0.417 e. The van der Waals surface area contributed by atoms with Gasteiger partial charge in [0.25, 0.3) is 0 Å². The van der Waals surface area contributed by atoms with Crippen LogP contribution in [-0.2, 0) is 4.43 Å². The van der Waals surface area contributed by atoms with Crippen molar-refractivity contribution in [1.29, 1.82) is 0 Å². The molecule has 2 nitrogen and oxygen atoms in total. The van der Waals surface area contributed by atoms with Crippen LogP contribution in [0.3, 0.4) is 0 Å². The highest BCUT2D eigenvalue weighted by atomic mass is 35.5. The molecular formula is C15H25ClFNOSi. The highest BCUT2D eigenvalue weighted by molar-refractivity contribution is 6.74. The third-order valence-corrected chi connectivity index (χ3v) is 8.91. The zero-order valence-electron chi connectivity index (χ0n) is 13.0. The number of hydrogen-bond donors (Lipinski definition) is 1. The van der Waals surface area contributed by atoms with Crippen LogP contribution in [0.1, 0.15) is 38.8 Å². The maximum absolute atomic E-state index is 13.9. The molecule has 0 aliphatic carbocycles. The second-order valence-electron chi connectivity index (χ2n) is 6.65. The van der Waals surface area contributed by atoms with Crippen molar-refractivity contribution >= 4 is 19.9 Å². The first-order valence-corrected chi connectivity index (χ1v) is 10.2. The van der Waals surface area contributed by atoms with Crippen LogP contribution in [0, 0.1) is 5.82 Å². The van der Waals surface area contributed by atoms with E-state index in [1.54, 1.807) is 12.1 Å². The fraction of sp³-hybridized carbons (Fsp3) is 0.600. The van der Waals surface area contributed by atoms with E-state index < -0.39 is 20.2 Å². The molecule has 0 radical (unpaired) electrons. The van der Waals surface area contributed by atoms with E-state index in [2.05, 4.69) is 33.9 Å². The standard InChI is InChI=1S/C15H25ClFNOSi/c1-15(2,3)20(4,5)19-10-9-13(18)11-7-6-8-12(16)14(11)17/h6-8,13H,9-10,18H2,1-5H3. The van der Waals surface area contributed by atoms with Crippen LogP contribution < -0.4 is 5.73 Å². The molecule has 0 aromatic heterocycles. The van der Waals surface area contributed by atoms with Gasteiger partial charge < -0.3 is 10.2 Å². The van der Waals surface area contributed by atoms with E-state index >= 15 is 0 Å². The summed E-state index contributed by atoms with van der Waals surface area (Å²) in [7, 11) is -1.77. The van der Waals surface area contributed by atoms with Gasteiger partial charge in [0.15, 0.2) is 8.32 Å². The van der Waals surface area contributed by atoms with Crippen molar-refractivity contribution in [3.63, 3.8) is 0 Å². The van der Waals surface area contributed by atoms with E-state index in [9.17, 15) is 4.39 Å².